The molecule has 0 saturated heterocycles. The molecule has 1 aliphatic heterocycles. The third-order valence-electron chi connectivity index (χ3n) is 11.1. The minimum Gasteiger partial charge on any atom is -0.309 e. The maximum Gasteiger partial charge on any atom is 0.269 e. The van der Waals surface area contributed by atoms with Crippen LogP contribution in [0.4, 0.5) is 5.82 Å². The van der Waals surface area contributed by atoms with Gasteiger partial charge >= 0.3 is 0 Å². The number of carbonyl (C=O) groups excluding carboxylic acids is 2. The predicted octanol–water partition coefficient (Wildman–Crippen LogP) is 11.6. The molecule has 0 unspecified atom stereocenters. The minimum absolute atomic E-state index is 0.291. The fraction of sp³-hybridized carbons (Fsp3) is 0.0408. The van der Waals surface area contributed by atoms with Gasteiger partial charge in [-0.3, -0.25) is 9.59 Å². The van der Waals surface area contributed by atoms with Gasteiger partial charge in [-0.05, 0) is 66.4 Å². The Morgan fingerprint density at radius 2 is 1.05 bits per heavy atom. The van der Waals surface area contributed by atoms with Gasteiger partial charge in [-0.25, -0.2) is 9.88 Å². The number of amides is 2. The van der Waals surface area contributed by atoms with Gasteiger partial charge in [0.15, 0.2) is 0 Å². The molecule has 6 heteroatoms. The Labute approximate surface area is 316 Å². The van der Waals surface area contributed by atoms with E-state index in [0.29, 0.717) is 22.6 Å². The van der Waals surface area contributed by atoms with Crippen molar-refractivity contribution in [2.45, 2.75) is 12.8 Å². The lowest BCUT2D eigenvalue weighted by Crippen LogP contribution is -2.30. The maximum absolute atomic E-state index is 15.3. The average molecular weight is 709 g/mol. The molecule has 0 bridgehead atoms. The number of imide groups is 1. The number of carbonyl (C=O) groups is 2. The van der Waals surface area contributed by atoms with E-state index >= 15 is 9.59 Å². The summed E-state index contributed by atoms with van der Waals surface area (Å²) in [4.78, 5) is 36.9. The van der Waals surface area contributed by atoms with Crippen LogP contribution in [-0.4, -0.2) is 25.9 Å². The molecule has 9 aromatic rings. The second-order valence-corrected chi connectivity index (χ2v) is 14.1. The number of benzene rings is 6. The van der Waals surface area contributed by atoms with Crippen LogP contribution in [0.3, 0.4) is 0 Å². The van der Waals surface area contributed by atoms with Crippen molar-refractivity contribution in [2.24, 2.45) is 0 Å². The van der Waals surface area contributed by atoms with Crippen molar-refractivity contribution in [3.63, 3.8) is 0 Å². The van der Waals surface area contributed by atoms with E-state index in [1.807, 2.05) is 84.9 Å². The monoisotopic (exact) mass is 708 g/mol. The van der Waals surface area contributed by atoms with E-state index in [-0.39, 0.29) is 11.8 Å². The van der Waals surface area contributed by atoms with Crippen LogP contribution in [0.2, 0.25) is 0 Å². The highest BCUT2D eigenvalue weighted by Gasteiger charge is 2.44. The highest BCUT2D eigenvalue weighted by molar-refractivity contribution is 6.45. The molecule has 0 fully saturated rings. The van der Waals surface area contributed by atoms with Crippen LogP contribution >= 0.6 is 0 Å². The molecular formula is C49H32N4O2. The number of hydrogen-bond donors (Lipinski definition) is 0. The van der Waals surface area contributed by atoms with Crippen LogP contribution in [0.15, 0.2) is 170 Å². The molecule has 11 rings (SSSR count). The lowest BCUT2D eigenvalue weighted by atomic mass is 9.97. The normalized spacial score (nSPS) is 14.1. The lowest BCUT2D eigenvalue weighted by Gasteiger charge is -2.15. The Morgan fingerprint density at radius 3 is 1.71 bits per heavy atom. The molecule has 0 N–H and O–H groups in total. The van der Waals surface area contributed by atoms with Crippen molar-refractivity contribution in [1.29, 1.82) is 0 Å². The van der Waals surface area contributed by atoms with Gasteiger partial charge in [0.05, 0.1) is 38.9 Å². The van der Waals surface area contributed by atoms with Gasteiger partial charge in [0.25, 0.3) is 11.8 Å². The molecule has 0 saturated carbocycles. The third kappa shape index (κ3) is 4.58. The van der Waals surface area contributed by atoms with E-state index in [2.05, 4.69) is 88.0 Å². The summed E-state index contributed by atoms with van der Waals surface area (Å²) in [5, 5.41) is 3.95. The smallest absolute Gasteiger partial charge is 0.269 e. The zero-order chi connectivity index (χ0) is 36.6. The van der Waals surface area contributed by atoms with Gasteiger partial charge in [0.1, 0.15) is 5.82 Å². The summed E-state index contributed by atoms with van der Waals surface area (Å²) in [6.07, 6.45) is 8.38. The number of fused-ring (bicyclic) bond motifs is 10. The Hall–Kier alpha value is -7.31. The molecule has 3 aromatic heterocycles. The third-order valence-corrected chi connectivity index (χ3v) is 11.1. The van der Waals surface area contributed by atoms with Gasteiger partial charge in [0, 0.05) is 38.5 Å². The maximum atomic E-state index is 15.3. The molecule has 2 aliphatic rings. The van der Waals surface area contributed by atoms with Crippen LogP contribution in [0.5, 0.6) is 0 Å². The molecule has 260 valence electrons. The summed E-state index contributed by atoms with van der Waals surface area (Å²) in [6.45, 7) is 0. The van der Waals surface area contributed by atoms with Crippen LogP contribution < -0.4 is 4.90 Å². The molecule has 6 aromatic carbocycles. The Morgan fingerprint density at radius 1 is 0.491 bits per heavy atom. The molecule has 0 spiro atoms. The molecule has 4 heterocycles. The van der Waals surface area contributed by atoms with Crippen molar-refractivity contribution in [1.82, 2.24) is 14.1 Å². The summed E-state index contributed by atoms with van der Waals surface area (Å²) < 4.78 is 4.35. The highest BCUT2D eigenvalue weighted by atomic mass is 16.2. The first-order valence-corrected chi connectivity index (χ1v) is 18.6. The number of hydrogen-bond acceptors (Lipinski definition) is 3. The van der Waals surface area contributed by atoms with E-state index in [1.165, 1.54) is 4.90 Å². The number of anilines is 1. The van der Waals surface area contributed by atoms with Crippen molar-refractivity contribution in [3.8, 4) is 28.1 Å². The topological polar surface area (TPSA) is 60.1 Å². The van der Waals surface area contributed by atoms with E-state index in [0.717, 1.165) is 84.5 Å². The number of aromatic nitrogens is 3. The standard InChI is InChI=1S/C49H32N4O2/c54-48-44-45(49(55)53(48)41-26-14-23-38(50-41)33-29-27-32(28-30-33)31-15-4-1-5-16-31)47-43(37-22-11-13-25-40(37)52(47)35-19-8-3-9-20-35)42-36-21-10-12-24-39(36)51(46(42)44)34-17-6-2-7-18-34/h1-2,4-8,10-30H,3,9H2. The Balaban J connectivity index is 1.20. The van der Waals surface area contributed by atoms with E-state index in [1.54, 1.807) is 6.07 Å². The van der Waals surface area contributed by atoms with Gasteiger partial charge < -0.3 is 9.13 Å². The van der Waals surface area contributed by atoms with Crippen LogP contribution in [0, 0.1) is 0 Å². The molecular weight excluding hydrogens is 677 g/mol. The predicted molar refractivity (Wildman–Crippen MR) is 223 cm³/mol. The minimum atomic E-state index is -0.388. The van der Waals surface area contributed by atoms with Crippen molar-refractivity contribution in [2.75, 3.05) is 4.90 Å². The number of para-hydroxylation sites is 3. The number of nitrogens with zero attached hydrogens (tertiary/aromatic N) is 4. The number of rotatable bonds is 5. The molecule has 0 radical (unpaired) electrons. The summed E-state index contributed by atoms with van der Waals surface area (Å²) in [7, 11) is 0. The fourth-order valence-electron chi connectivity index (χ4n) is 8.69. The first kappa shape index (κ1) is 31.2. The summed E-state index contributed by atoms with van der Waals surface area (Å²) in [5.41, 5.74) is 9.88. The van der Waals surface area contributed by atoms with Crippen LogP contribution in [0.1, 0.15) is 33.6 Å². The van der Waals surface area contributed by atoms with Crippen LogP contribution in [-0.2, 0) is 0 Å². The largest absolute Gasteiger partial charge is 0.309 e. The van der Waals surface area contributed by atoms with E-state index < -0.39 is 0 Å². The van der Waals surface area contributed by atoms with Crippen molar-refractivity contribution >= 4 is 66.9 Å². The summed E-state index contributed by atoms with van der Waals surface area (Å²) in [6, 6.07) is 50.7. The van der Waals surface area contributed by atoms with Gasteiger partial charge in [-0.2, -0.15) is 0 Å². The number of allylic oxidation sites excluding steroid dienone is 4. The first-order valence-electron chi connectivity index (χ1n) is 18.6. The fourth-order valence-corrected chi connectivity index (χ4v) is 8.69. The van der Waals surface area contributed by atoms with Gasteiger partial charge in [-0.15, -0.1) is 0 Å². The SMILES string of the molecule is O=C1c2c(c3c(c4ccccc4n3-c3ccccc3)c3c4ccccc4n(C4=CCCC=C4)c23)C(=O)N1c1cccc(-c2ccc(-c3ccccc3)cc2)n1. The second-order valence-electron chi connectivity index (χ2n) is 14.1. The molecule has 1 aliphatic carbocycles. The Bertz CT molecular complexity index is 3110. The Kier molecular flexibility index (Phi) is 6.88. The van der Waals surface area contributed by atoms with Crippen molar-refractivity contribution < 1.29 is 9.59 Å². The number of pyridine rings is 1. The zero-order valence-corrected chi connectivity index (χ0v) is 29.7. The lowest BCUT2D eigenvalue weighted by molar-refractivity contribution is 0.0926. The van der Waals surface area contributed by atoms with E-state index in [4.69, 9.17) is 4.98 Å². The van der Waals surface area contributed by atoms with Gasteiger partial charge in [0.2, 0.25) is 0 Å². The molecule has 6 nitrogen and oxygen atoms in total. The molecule has 55 heavy (non-hydrogen) atoms. The van der Waals surface area contributed by atoms with Crippen LogP contribution in [0.25, 0.3) is 77.4 Å². The summed E-state index contributed by atoms with van der Waals surface area (Å²) >= 11 is 0. The molecule has 2 amide bonds. The average Bonchev–Trinajstić information content (AvgIpc) is 3.86. The second kappa shape index (κ2) is 12.1. The van der Waals surface area contributed by atoms with Gasteiger partial charge in [-0.1, -0.05) is 127 Å². The molecule has 0 atom stereocenters. The van der Waals surface area contributed by atoms with E-state index in [9.17, 15) is 0 Å². The highest BCUT2D eigenvalue weighted by Crippen LogP contribution is 2.49. The zero-order valence-electron chi connectivity index (χ0n) is 29.7. The quantitative estimate of drug-likeness (QED) is 0.167. The van der Waals surface area contributed by atoms with Crippen molar-refractivity contribution in [3.05, 3.63) is 181 Å². The first-order chi connectivity index (χ1) is 27.2. The summed E-state index contributed by atoms with van der Waals surface area (Å²) in [5.74, 6) is -0.481.